The van der Waals surface area contributed by atoms with Crippen molar-refractivity contribution in [3.05, 3.63) is 229 Å². The van der Waals surface area contributed by atoms with Gasteiger partial charge in [0, 0.05) is 33.0 Å². The average molecular weight is 719 g/mol. The highest BCUT2D eigenvalue weighted by Crippen LogP contribution is 2.57. The Morgan fingerprint density at radius 2 is 1.05 bits per heavy atom. The Labute approximate surface area is 324 Å². The number of anilines is 3. The summed E-state index contributed by atoms with van der Waals surface area (Å²) in [6.45, 7) is 0. The lowest BCUT2D eigenvalue weighted by Crippen LogP contribution is -2.28. The van der Waals surface area contributed by atoms with E-state index in [1.807, 2.05) is 11.3 Å². The molecule has 2 nitrogen and oxygen atoms in total. The number of benzene rings is 8. The van der Waals surface area contributed by atoms with Gasteiger partial charge in [-0.2, -0.15) is 0 Å². The molecule has 258 valence electrons. The molecule has 0 spiro atoms. The number of rotatable bonds is 6. The maximum atomic E-state index is 5.24. The molecule has 0 bridgehead atoms. The molecule has 0 atom stereocenters. The molecule has 0 N–H and O–H groups in total. The molecule has 2 aromatic heterocycles. The average Bonchev–Trinajstić information content (AvgIpc) is 3.79. The summed E-state index contributed by atoms with van der Waals surface area (Å²) in [6, 6.07) is 73.0. The van der Waals surface area contributed by atoms with Crippen molar-refractivity contribution >= 4 is 59.5 Å². The van der Waals surface area contributed by atoms with Crippen molar-refractivity contribution in [2.75, 3.05) is 4.90 Å². The van der Waals surface area contributed by atoms with Gasteiger partial charge in [0.05, 0.1) is 10.1 Å². The van der Waals surface area contributed by atoms with Gasteiger partial charge in [0.15, 0.2) is 0 Å². The largest absolute Gasteiger partial charge is 0.295 e. The van der Waals surface area contributed by atoms with Crippen LogP contribution in [-0.2, 0) is 5.41 Å². The number of fused-ring (bicyclic) bond motifs is 8. The van der Waals surface area contributed by atoms with Gasteiger partial charge in [-0.05, 0) is 85.6 Å². The summed E-state index contributed by atoms with van der Waals surface area (Å²) >= 11 is 1.83. The first-order valence-electron chi connectivity index (χ1n) is 18.8. The van der Waals surface area contributed by atoms with Crippen LogP contribution in [0.15, 0.2) is 206 Å². The molecule has 0 amide bonds. The van der Waals surface area contributed by atoms with Gasteiger partial charge in [-0.3, -0.25) is 4.90 Å². The third-order valence-electron chi connectivity index (χ3n) is 11.4. The van der Waals surface area contributed by atoms with Crippen LogP contribution in [0.4, 0.5) is 17.2 Å². The van der Waals surface area contributed by atoms with Crippen LogP contribution in [-0.4, -0.2) is 4.98 Å². The van der Waals surface area contributed by atoms with E-state index in [1.165, 1.54) is 75.5 Å². The highest BCUT2D eigenvalue weighted by molar-refractivity contribution is 7.26. The summed E-state index contributed by atoms with van der Waals surface area (Å²) in [5.74, 6) is 0.883. The van der Waals surface area contributed by atoms with E-state index in [-0.39, 0.29) is 0 Å². The Morgan fingerprint density at radius 3 is 1.82 bits per heavy atom. The number of aromatic nitrogens is 1. The Morgan fingerprint density at radius 1 is 0.436 bits per heavy atom. The normalized spacial score (nSPS) is 12.9. The fraction of sp³-hybridized carbons (Fsp3) is 0.0192. The van der Waals surface area contributed by atoms with Crippen molar-refractivity contribution in [2.24, 2.45) is 0 Å². The molecular formula is C52H34N2S. The molecule has 3 heteroatoms. The van der Waals surface area contributed by atoms with Crippen molar-refractivity contribution in [3.63, 3.8) is 0 Å². The Bertz CT molecular complexity index is 2980. The molecule has 0 unspecified atom stereocenters. The topological polar surface area (TPSA) is 16.1 Å². The van der Waals surface area contributed by atoms with Gasteiger partial charge in [-0.1, -0.05) is 170 Å². The number of nitrogens with zero attached hydrogens (tertiary/aromatic N) is 2. The summed E-state index contributed by atoms with van der Waals surface area (Å²) in [5.41, 5.74) is 11.6. The smallest absolute Gasteiger partial charge is 0.138 e. The first kappa shape index (κ1) is 31.7. The van der Waals surface area contributed by atoms with Crippen LogP contribution in [0.5, 0.6) is 0 Å². The van der Waals surface area contributed by atoms with Gasteiger partial charge in [-0.25, -0.2) is 4.98 Å². The van der Waals surface area contributed by atoms with Crippen molar-refractivity contribution in [1.29, 1.82) is 0 Å². The molecule has 0 saturated heterocycles. The molecule has 1 aliphatic carbocycles. The summed E-state index contributed by atoms with van der Waals surface area (Å²) in [6.07, 6.45) is 2.07. The quantitative estimate of drug-likeness (QED) is 0.170. The standard InChI is InChI=1S/C52H34N2S/c1-4-14-35(15-5-1)36-24-27-40(28-25-36)54(50-33-46-45-30-26-37-16-10-11-21-42(37)51(45)55-49(46)34-53-50)41-29-31-44-43-22-12-13-23-47(43)52(48(44)32-41,38-17-6-2-7-18-38)39-19-8-3-9-20-39/h1-34H. The fourth-order valence-electron chi connectivity index (χ4n) is 8.94. The molecule has 8 aromatic carbocycles. The van der Waals surface area contributed by atoms with Gasteiger partial charge < -0.3 is 0 Å². The van der Waals surface area contributed by atoms with Crippen LogP contribution >= 0.6 is 11.3 Å². The minimum Gasteiger partial charge on any atom is -0.295 e. The molecular weight excluding hydrogens is 685 g/mol. The third kappa shape index (κ3) is 4.90. The molecule has 1 aliphatic rings. The van der Waals surface area contributed by atoms with E-state index in [4.69, 9.17) is 4.98 Å². The zero-order valence-electron chi connectivity index (χ0n) is 29.9. The van der Waals surface area contributed by atoms with Crippen LogP contribution in [0.25, 0.3) is 53.2 Å². The minimum atomic E-state index is -0.505. The van der Waals surface area contributed by atoms with Gasteiger partial charge >= 0.3 is 0 Å². The zero-order valence-corrected chi connectivity index (χ0v) is 30.7. The predicted octanol–water partition coefficient (Wildman–Crippen LogP) is 14.1. The van der Waals surface area contributed by atoms with Crippen molar-refractivity contribution < 1.29 is 0 Å². The first-order chi connectivity index (χ1) is 27.3. The second-order valence-electron chi connectivity index (χ2n) is 14.3. The summed E-state index contributed by atoms with van der Waals surface area (Å²) in [7, 11) is 0. The van der Waals surface area contributed by atoms with Gasteiger partial charge in [0.2, 0.25) is 0 Å². The molecule has 10 aromatic rings. The molecule has 11 rings (SSSR count). The Hall–Kier alpha value is -6.81. The number of thiophene rings is 1. The van der Waals surface area contributed by atoms with Crippen LogP contribution in [0, 0.1) is 0 Å². The second kappa shape index (κ2) is 12.7. The molecule has 55 heavy (non-hydrogen) atoms. The lowest BCUT2D eigenvalue weighted by molar-refractivity contribution is 0.768. The first-order valence-corrected chi connectivity index (χ1v) is 19.6. The highest BCUT2D eigenvalue weighted by Gasteiger charge is 2.46. The van der Waals surface area contributed by atoms with Gasteiger partial charge in [0.1, 0.15) is 5.82 Å². The van der Waals surface area contributed by atoms with E-state index in [2.05, 4.69) is 211 Å². The van der Waals surface area contributed by atoms with E-state index in [1.54, 1.807) is 0 Å². The summed E-state index contributed by atoms with van der Waals surface area (Å²) in [5, 5.41) is 5.03. The second-order valence-corrected chi connectivity index (χ2v) is 15.4. The van der Waals surface area contributed by atoms with Crippen LogP contribution in [0.3, 0.4) is 0 Å². The van der Waals surface area contributed by atoms with Crippen molar-refractivity contribution in [2.45, 2.75) is 5.41 Å². The molecule has 2 heterocycles. The monoisotopic (exact) mass is 718 g/mol. The highest BCUT2D eigenvalue weighted by atomic mass is 32.1. The van der Waals surface area contributed by atoms with E-state index in [0.29, 0.717) is 0 Å². The zero-order chi connectivity index (χ0) is 36.3. The predicted molar refractivity (Wildman–Crippen MR) is 232 cm³/mol. The number of pyridine rings is 1. The summed E-state index contributed by atoms with van der Waals surface area (Å²) in [4.78, 5) is 7.57. The van der Waals surface area contributed by atoms with E-state index >= 15 is 0 Å². The number of hydrogen-bond donors (Lipinski definition) is 0. The Balaban J connectivity index is 1.16. The van der Waals surface area contributed by atoms with Crippen LogP contribution in [0.1, 0.15) is 22.3 Å². The lowest BCUT2D eigenvalue weighted by atomic mass is 9.67. The van der Waals surface area contributed by atoms with Crippen molar-refractivity contribution in [1.82, 2.24) is 4.98 Å². The van der Waals surface area contributed by atoms with Crippen LogP contribution < -0.4 is 4.90 Å². The number of hydrogen-bond acceptors (Lipinski definition) is 3. The molecule has 0 aliphatic heterocycles. The van der Waals surface area contributed by atoms with Gasteiger partial charge in [-0.15, -0.1) is 11.3 Å². The van der Waals surface area contributed by atoms with Gasteiger partial charge in [0.25, 0.3) is 0 Å². The van der Waals surface area contributed by atoms with Crippen LogP contribution in [0.2, 0.25) is 0 Å². The SMILES string of the molecule is c1ccc(-c2ccc(N(c3ccc4c(c3)C(c3ccccc3)(c3ccccc3)c3ccccc3-4)c3cc4c(cn3)sc3c5ccccc5ccc43)cc2)cc1. The summed E-state index contributed by atoms with van der Waals surface area (Å²) < 4.78 is 2.49. The molecule has 0 fully saturated rings. The lowest BCUT2D eigenvalue weighted by Gasteiger charge is -2.34. The van der Waals surface area contributed by atoms with E-state index in [9.17, 15) is 0 Å². The van der Waals surface area contributed by atoms with Crippen molar-refractivity contribution in [3.8, 4) is 22.3 Å². The Kier molecular flexibility index (Phi) is 7.29. The van der Waals surface area contributed by atoms with E-state index in [0.717, 1.165) is 17.2 Å². The minimum absolute atomic E-state index is 0.505. The van der Waals surface area contributed by atoms with E-state index < -0.39 is 5.41 Å². The maximum Gasteiger partial charge on any atom is 0.138 e. The molecule has 0 radical (unpaired) electrons. The maximum absolute atomic E-state index is 5.24. The third-order valence-corrected chi connectivity index (χ3v) is 12.6. The molecule has 0 saturated carbocycles. The fourth-order valence-corrected chi connectivity index (χ4v) is 10.1.